The first-order valence-electron chi connectivity index (χ1n) is 12.2. The van der Waals surface area contributed by atoms with Crippen molar-refractivity contribution in [3.8, 4) is 5.88 Å². The minimum Gasteiger partial charge on any atom is -0.493 e. The second kappa shape index (κ2) is 11.0. The maximum absolute atomic E-state index is 13.2. The number of nitrogens with zero attached hydrogens (tertiary/aromatic N) is 7. The van der Waals surface area contributed by atoms with Crippen LogP contribution in [0.25, 0.3) is 10.9 Å². The summed E-state index contributed by atoms with van der Waals surface area (Å²) in [5.74, 6) is -0.313. The lowest BCUT2D eigenvalue weighted by Crippen LogP contribution is -2.27. The molecule has 1 unspecified atom stereocenters. The molecular formula is C26H32N7O4S+. The Bertz CT molecular complexity index is 1550. The van der Waals surface area contributed by atoms with Gasteiger partial charge in [-0.3, -0.25) is 4.79 Å². The van der Waals surface area contributed by atoms with Crippen molar-refractivity contribution in [2.75, 3.05) is 52.7 Å². The Kier molecular flexibility index (Phi) is 7.89. The average Bonchev–Trinajstić information content (AvgIpc) is 3.31. The molecule has 1 N–H and O–H groups in total. The molecule has 3 aromatic rings. The molecule has 1 fully saturated rings. The monoisotopic (exact) mass is 538 g/mol. The van der Waals surface area contributed by atoms with Gasteiger partial charge in [-0.05, 0) is 75.3 Å². The van der Waals surface area contributed by atoms with Gasteiger partial charge in [0.2, 0.25) is 25.9 Å². The number of hydrogen-bond donors (Lipinski definition) is 1. The second-order valence-electron chi connectivity index (χ2n) is 9.92. The van der Waals surface area contributed by atoms with Crippen LogP contribution in [0.1, 0.15) is 22.3 Å². The van der Waals surface area contributed by atoms with Crippen molar-refractivity contribution in [2.45, 2.75) is 18.2 Å². The summed E-state index contributed by atoms with van der Waals surface area (Å²) in [4.78, 5) is 25.3. The number of aryl methyl sites for hydroxylation is 1. The lowest BCUT2D eigenvalue weighted by molar-refractivity contribution is 0.0993. The number of hydrogen-bond acceptors (Lipinski definition) is 8. The van der Waals surface area contributed by atoms with E-state index in [1.807, 2.05) is 21.0 Å². The maximum Gasteiger partial charge on any atom is 0.362 e. The van der Waals surface area contributed by atoms with E-state index in [1.165, 1.54) is 26.2 Å². The van der Waals surface area contributed by atoms with E-state index in [0.717, 1.165) is 41.3 Å². The van der Waals surface area contributed by atoms with Crippen molar-refractivity contribution in [1.82, 2.24) is 19.1 Å². The maximum atomic E-state index is 13.2. The number of aromatic nitrogens is 1. The summed E-state index contributed by atoms with van der Waals surface area (Å²) in [5.41, 5.74) is 2.67. The largest absolute Gasteiger partial charge is 0.493 e. The predicted octanol–water partition coefficient (Wildman–Crippen LogP) is 3.33. The quantitative estimate of drug-likeness (QED) is 0.360. The van der Waals surface area contributed by atoms with Crippen LogP contribution in [0.3, 0.4) is 0 Å². The molecule has 0 radical (unpaired) electrons. The van der Waals surface area contributed by atoms with Gasteiger partial charge >= 0.3 is 5.91 Å². The molecule has 12 heteroatoms. The van der Waals surface area contributed by atoms with Gasteiger partial charge in [-0.1, -0.05) is 0 Å². The highest BCUT2D eigenvalue weighted by molar-refractivity contribution is 7.89. The number of carbonyl (C=O) groups is 1. The number of fused-ring (bicyclic) bond motifs is 1. The SMILES string of the molecule is Cc1cc(O)nc2ccc(N=[N+]=NC(=O)c3cc(S(=O)(=O)N(C)C)ccc3N3CCC(CN(C)C)C3)cc12. The van der Waals surface area contributed by atoms with Crippen molar-refractivity contribution >= 4 is 38.2 Å². The first-order chi connectivity index (χ1) is 18.0. The average molecular weight is 539 g/mol. The Morgan fingerprint density at radius 3 is 2.63 bits per heavy atom. The van der Waals surface area contributed by atoms with E-state index in [4.69, 9.17) is 0 Å². The molecule has 0 spiro atoms. The van der Waals surface area contributed by atoms with Gasteiger partial charge in [-0.15, -0.1) is 0 Å². The molecular weight excluding hydrogens is 506 g/mol. The fourth-order valence-electron chi connectivity index (χ4n) is 4.65. The number of carbonyl (C=O) groups excluding carboxylic acids is 1. The Morgan fingerprint density at radius 1 is 1.16 bits per heavy atom. The van der Waals surface area contributed by atoms with Gasteiger partial charge in [0, 0.05) is 50.9 Å². The third-order valence-corrected chi connectivity index (χ3v) is 8.32. The fourth-order valence-corrected chi connectivity index (χ4v) is 5.57. The minimum absolute atomic E-state index is 0.00605. The highest BCUT2D eigenvalue weighted by atomic mass is 32.2. The van der Waals surface area contributed by atoms with Crippen molar-refractivity contribution in [1.29, 1.82) is 0 Å². The van der Waals surface area contributed by atoms with Gasteiger partial charge in [0.05, 0.1) is 16.0 Å². The number of anilines is 1. The van der Waals surface area contributed by atoms with E-state index in [1.54, 1.807) is 30.3 Å². The van der Waals surface area contributed by atoms with Crippen LogP contribution < -0.4 is 9.81 Å². The van der Waals surface area contributed by atoms with E-state index in [2.05, 4.69) is 29.9 Å². The molecule has 2 aromatic carbocycles. The van der Waals surface area contributed by atoms with E-state index in [9.17, 15) is 18.3 Å². The van der Waals surface area contributed by atoms with Crippen LogP contribution in [0.5, 0.6) is 5.88 Å². The van der Waals surface area contributed by atoms with Crippen LogP contribution in [0, 0.1) is 12.8 Å². The molecule has 2 heterocycles. The molecule has 4 rings (SSSR count). The van der Waals surface area contributed by atoms with Crippen molar-refractivity contribution in [3.05, 3.63) is 53.6 Å². The molecule has 1 atom stereocenters. The summed E-state index contributed by atoms with van der Waals surface area (Å²) < 4.78 is 26.6. The Morgan fingerprint density at radius 2 is 1.92 bits per heavy atom. The molecule has 0 saturated carbocycles. The number of sulfonamides is 1. The van der Waals surface area contributed by atoms with E-state index in [0.29, 0.717) is 22.8 Å². The van der Waals surface area contributed by atoms with Crippen molar-refractivity contribution in [2.24, 2.45) is 16.1 Å². The molecule has 1 amide bonds. The number of amides is 1. The molecule has 200 valence electrons. The molecule has 0 aliphatic carbocycles. The van der Waals surface area contributed by atoms with Gasteiger partial charge in [-0.2, -0.15) is 0 Å². The van der Waals surface area contributed by atoms with Gasteiger partial charge in [0.25, 0.3) is 0 Å². The summed E-state index contributed by atoms with van der Waals surface area (Å²) >= 11 is 0. The summed E-state index contributed by atoms with van der Waals surface area (Å²) in [6, 6.07) is 11.2. The zero-order valence-electron chi connectivity index (χ0n) is 22.2. The predicted molar refractivity (Wildman–Crippen MR) is 145 cm³/mol. The highest BCUT2D eigenvalue weighted by Gasteiger charge is 2.29. The van der Waals surface area contributed by atoms with Crippen LogP contribution in [-0.2, 0) is 10.0 Å². The molecule has 1 aliphatic rings. The Labute approximate surface area is 222 Å². The smallest absolute Gasteiger partial charge is 0.362 e. The molecule has 0 bridgehead atoms. The van der Waals surface area contributed by atoms with E-state index in [-0.39, 0.29) is 16.3 Å². The summed E-state index contributed by atoms with van der Waals surface area (Å²) in [6.07, 6.45) is 0.967. The Balaban J connectivity index is 1.68. The van der Waals surface area contributed by atoms with E-state index >= 15 is 0 Å². The third kappa shape index (κ3) is 5.89. The molecule has 38 heavy (non-hydrogen) atoms. The number of aromatic hydroxyl groups is 1. The highest BCUT2D eigenvalue weighted by Crippen LogP contribution is 2.31. The number of rotatable bonds is 7. The number of pyridine rings is 1. The first-order valence-corrected chi connectivity index (χ1v) is 13.6. The van der Waals surface area contributed by atoms with Crippen LogP contribution in [0.4, 0.5) is 11.4 Å². The van der Waals surface area contributed by atoms with Crippen LogP contribution >= 0.6 is 0 Å². The molecule has 1 aromatic heterocycles. The zero-order chi connectivity index (χ0) is 27.6. The van der Waals surface area contributed by atoms with E-state index < -0.39 is 15.9 Å². The summed E-state index contributed by atoms with van der Waals surface area (Å²) in [5, 5.41) is 18.3. The summed E-state index contributed by atoms with van der Waals surface area (Å²) in [6.45, 7) is 4.27. The van der Waals surface area contributed by atoms with Crippen LogP contribution in [0.15, 0.2) is 57.6 Å². The minimum atomic E-state index is -3.75. The normalized spacial score (nSPS) is 15.8. The van der Waals surface area contributed by atoms with Gasteiger partial charge in [-0.25, -0.2) is 17.7 Å². The molecule has 1 aliphatic heterocycles. The van der Waals surface area contributed by atoms with Crippen LogP contribution in [0.2, 0.25) is 0 Å². The van der Waals surface area contributed by atoms with Gasteiger partial charge in [0.15, 0.2) is 10.8 Å². The fraction of sp³-hybridized carbons (Fsp3) is 0.385. The standard InChI is InChI=1S/C26H31N7O4S/c1-17-12-25(34)27-23-8-6-19(13-21(17)23)28-30-29-26(35)22-14-20(38(36,37)32(4)5)7-9-24(22)33-11-10-18(16-33)15-31(2)3/h6-9,12-14,18H,10-11,15-16H2,1-5H3/p+1. The lowest BCUT2D eigenvalue weighted by Gasteiger charge is -2.22. The third-order valence-electron chi connectivity index (χ3n) is 6.51. The molecule has 11 nitrogen and oxygen atoms in total. The van der Waals surface area contributed by atoms with Crippen molar-refractivity contribution < 1.29 is 18.3 Å². The van der Waals surface area contributed by atoms with Gasteiger partial charge < -0.3 is 14.9 Å². The van der Waals surface area contributed by atoms with Crippen molar-refractivity contribution in [3.63, 3.8) is 0 Å². The zero-order valence-corrected chi connectivity index (χ0v) is 23.0. The first kappa shape index (κ1) is 27.3. The van der Waals surface area contributed by atoms with Crippen LogP contribution in [-0.4, -0.2) is 81.4 Å². The Hall–Kier alpha value is -3.70. The number of benzene rings is 2. The molecule has 1 saturated heterocycles. The topological polar surface area (TPSA) is 133 Å². The van der Waals surface area contributed by atoms with Gasteiger partial charge in [0.1, 0.15) is 0 Å². The summed E-state index contributed by atoms with van der Waals surface area (Å²) in [7, 11) is 3.18. The lowest BCUT2D eigenvalue weighted by atomic mass is 10.1. The second-order valence-corrected chi connectivity index (χ2v) is 12.1.